The van der Waals surface area contributed by atoms with E-state index < -0.39 is 11.5 Å². The Morgan fingerprint density at radius 2 is 2.16 bits per heavy atom. The van der Waals surface area contributed by atoms with Crippen LogP contribution in [0.2, 0.25) is 0 Å². The van der Waals surface area contributed by atoms with Gasteiger partial charge < -0.3 is 10.4 Å². The summed E-state index contributed by atoms with van der Waals surface area (Å²) in [6.07, 6.45) is 2.24. The predicted molar refractivity (Wildman–Crippen MR) is 70.0 cm³/mol. The van der Waals surface area contributed by atoms with Crippen molar-refractivity contribution in [3.63, 3.8) is 0 Å². The van der Waals surface area contributed by atoms with Crippen LogP contribution in [0.15, 0.2) is 29.3 Å². The molecule has 1 amide bonds. The van der Waals surface area contributed by atoms with Gasteiger partial charge in [0.2, 0.25) is 5.91 Å². The van der Waals surface area contributed by atoms with Crippen LogP contribution in [0.25, 0.3) is 6.08 Å². The van der Waals surface area contributed by atoms with Gasteiger partial charge in [0.1, 0.15) is 0 Å². The van der Waals surface area contributed by atoms with Gasteiger partial charge in [-0.2, -0.15) is 0 Å². The van der Waals surface area contributed by atoms with Crippen molar-refractivity contribution in [3.8, 4) is 0 Å². The zero-order valence-corrected chi connectivity index (χ0v) is 10.7. The van der Waals surface area contributed by atoms with E-state index in [9.17, 15) is 9.59 Å². The summed E-state index contributed by atoms with van der Waals surface area (Å²) in [6, 6.07) is 7.61. The molecule has 0 aromatic heterocycles. The van der Waals surface area contributed by atoms with E-state index >= 15 is 0 Å². The lowest BCUT2D eigenvalue weighted by Crippen LogP contribution is -2.53. The molecular formula is C14H16N2O3. The molecule has 0 bridgehead atoms. The Morgan fingerprint density at radius 3 is 2.84 bits per heavy atom. The van der Waals surface area contributed by atoms with Crippen molar-refractivity contribution in [2.24, 2.45) is 4.99 Å². The highest BCUT2D eigenvalue weighted by Gasteiger charge is 2.30. The molecule has 1 aliphatic rings. The minimum absolute atomic E-state index is 0.00549. The van der Waals surface area contributed by atoms with Crippen molar-refractivity contribution in [2.45, 2.75) is 25.3 Å². The normalized spacial score (nSPS) is 20.7. The van der Waals surface area contributed by atoms with E-state index in [2.05, 4.69) is 10.3 Å². The Bertz CT molecular complexity index is 624. The van der Waals surface area contributed by atoms with Gasteiger partial charge >= 0.3 is 5.97 Å². The minimum Gasteiger partial charge on any atom is -0.481 e. The number of amides is 1. The number of aliphatic carboxylic acids is 1. The van der Waals surface area contributed by atoms with E-state index in [1.807, 2.05) is 30.3 Å². The number of hydrogen-bond donors (Lipinski definition) is 2. The summed E-state index contributed by atoms with van der Waals surface area (Å²) >= 11 is 0. The number of carbonyl (C=O) groups is 2. The molecule has 1 aromatic carbocycles. The maximum absolute atomic E-state index is 11.4. The van der Waals surface area contributed by atoms with Crippen molar-refractivity contribution < 1.29 is 14.7 Å². The van der Waals surface area contributed by atoms with Crippen LogP contribution in [-0.2, 0) is 9.59 Å². The third-order valence-corrected chi connectivity index (χ3v) is 3.11. The van der Waals surface area contributed by atoms with Crippen molar-refractivity contribution in [1.82, 2.24) is 5.32 Å². The molecule has 0 unspecified atom stereocenters. The first kappa shape index (κ1) is 13.3. The Morgan fingerprint density at radius 1 is 1.42 bits per heavy atom. The topological polar surface area (TPSA) is 78.8 Å². The number of fused-ring (bicyclic) bond motifs is 1. The van der Waals surface area contributed by atoms with Gasteiger partial charge in [-0.05, 0) is 23.8 Å². The van der Waals surface area contributed by atoms with Gasteiger partial charge in [0.25, 0.3) is 0 Å². The van der Waals surface area contributed by atoms with Crippen LogP contribution in [-0.4, -0.2) is 29.1 Å². The average Bonchev–Trinajstić information content (AvgIpc) is 2.36. The minimum atomic E-state index is -0.878. The quantitative estimate of drug-likeness (QED) is 0.789. The lowest BCUT2D eigenvalue weighted by molar-refractivity contribution is -0.137. The lowest BCUT2D eigenvalue weighted by Gasteiger charge is -2.31. The Balaban J connectivity index is 2.38. The van der Waals surface area contributed by atoms with E-state index in [-0.39, 0.29) is 12.3 Å². The Hall–Kier alpha value is -2.17. The first-order valence-electron chi connectivity index (χ1n) is 6.14. The van der Waals surface area contributed by atoms with E-state index in [0.717, 1.165) is 10.6 Å². The second kappa shape index (κ2) is 5.22. The molecule has 2 N–H and O–H groups in total. The molecular weight excluding hydrogens is 244 g/mol. The SMILES string of the molecule is CC(=O)N[C@]1(CCC(=O)O)C=c2ccccc2=NC1. The zero-order chi connectivity index (χ0) is 13.9. The average molecular weight is 260 g/mol. The molecule has 1 atom stereocenters. The number of rotatable bonds is 4. The van der Waals surface area contributed by atoms with Crippen LogP contribution in [0.3, 0.4) is 0 Å². The first-order valence-corrected chi connectivity index (χ1v) is 6.14. The molecule has 0 spiro atoms. The number of carbonyl (C=O) groups excluding carboxylic acids is 1. The largest absolute Gasteiger partial charge is 0.481 e. The number of carboxylic acid groups (broad SMARTS) is 1. The second-order valence-electron chi connectivity index (χ2n) is 4.75. The molecule has 5 heteroatoms. The molecule has 1 heterocycles. The molecule has 1 aliphatic heterocycles. The zero-order valence-electron chi connectivity index (χ0n) is 10.7. The number of nitrogens with one attached hydrogen (secondary N) is 1. The van der Waals surface area contributed by atoms with Gasteiger partial charge in [0.15, 0.2) is 0 Å². The van der Waals surface area contributed by atoms with Gasteiger partial charge in [-0.25, -0.2) is 0 Å². The fourth-order valence-corrected chi connectivity index (χ4v) is 2.29. The monoisotopic (exact) mass is 260 g/mol. The third-order valence-electron chi connectivity index (χ3n) is 3.11. The van der Waals surface area contributed by atoms with Crippen LogP contribution in [0.5, 0.6) is 0 Å². The Kier molecular flexibility index (Phi) is 3.64. The van der Waals surface area contributed by atoms with Gasteiger partial charge in [0.05, 0.1) is 17.4 Å². The Labute approximate surface area is 110 Å². The summed E-state index contributed by atoms with van der Waals surface area (Å²) in [5.74, 6) is -1.06. The molecule has 2 rings (SSSR count). The third kappa shape index (κ3) is 3.19. The van der Waals surface area contributed by atoms with Crippen LogP contribution >= 0.6 is 0 Å². The van der Waals surface area contributed by atoms with Crippen LogP contribution in [0.4, 0.5) is 0 Å². The van der Waals surface area contributed by atoms with Crippen molar-refractivity contribution in [1.29, 1.82) is 0 Å². The van der Waals surface area contributed by atoms with Gasteiger partial charge in [0, 0.05) is 13.3 Å². The lowest BCUT2D eigenvalue weighted by atomic mass is 9.90. The molecule has 0 aliphatic carbocycles. The van der Waals surface area contributed by atoms with E-state index in [1.54, 1.807) is 0 Å². The standard InChI is InChI=1S/C14H16N2O3/c1-10(17)16-14(7-6-13(18)19)8-11-4-2-3-5-12(11)15-9-14/h2-5,8H,6-7,9H2,1H3,(H,16,17)(H,18,19)/t14-/m1/s1. The van der Waals surface area contributed by atoms with Crippen molar-refractivity contribution >= 4 is 18.0 Å². The van der Waals surface area contributed by atoms with E-state index in [1.165, 1.54) is 6.92 Å². The molecule has 0 radical (unpaired) electrons. The summed E-state index contributed by atoms with van der Waals surface area (Å²) < 4.78 is 0. The summed E-state index contributed by atoms with van der Waals surface area (Å²) in [6.45, 7) is 1.80. The fraction of sp³-hybridized carbons (Fsp3) is 0.357. The van der Waals surface area contributed by atoms with E-state index in [0.29, 0.717) is 13.0 Å². The van der Waals surface area contributed by atoms with E-state index in [4.69, 9.17) is 5.11 Å². The van der Waals surface area contributed by atoms with Crippen LogP contribution < -0.4 is 15.9 Å². The number of nitrogens with zero attached hydrogens (tertiary/aromatic N) is 1. The van der Waals surface area contributed by atoms with Crippen molar-refractivity contribution in [2.75, 3.05) is 6.54 Å². The molecule has 5 nitrogen and oxygen atoms in total. The van der Waals surface area contributed by atoms with Gasteiger partial charge in [-0.1, -0.05) is 18.2 Å². The molecule has 19 heavy (non-hydrogen) atoms. The van der Waals surface area contributed by atoms with Gasteiger partial charge in [-0.15, -0.1) is 0 Å². The molecule has 0 saturated heterocycles. The molecule has 1 aromatic rings. The molecule has 0 fully saturated rings. The fourth-order valence-electron chi connectivity index (χ4n) is 2.29. The number of carboxylic acids is 1. The number of para-hydroxylation sites is 1. The summed E-state index contributed by atoms with van der Waals surface area (Å²) in [4.78, 5) is 26.6. The predicted octanol–water partition coefficient (Wildman–Crippen LogP) is -0.160. The molecule has 100 valence electrons. The smallest absolute Gasteiger partial charge is 0.303 e. The summed E-state index contributed by atoms with van der Waals surface area (Å²) in [5, 5.41) is 13.5. The highest BCUT2D eigenvalue weighted by molar-refractivity contribution is 5.76. The number of benzene rings is 1. The van der Waals surface area contributed by atoms with Crippen LogP contribution in [0.1, 0.15) is 19.8 Å². The highest BCUT2D eigenvalue weighted by Crippen LogP contribution is 2.17. The first-order chi connectivity index (χ1) is 9.01. The summed E-state index contributed by atoms with van der Waals surface area (Å²) in [7, 11) is 0. The van der Waals surface area contributed by atoms with Crippen molar-refractivity contribution in [3.05, 3.63) is 34.8 Å². The number of hydrogen-bond acceptors (Lipinski definition) is 3. The summed E-state index contributed by atoms with van der Waals surface area (Å²) in [5.41, 5.74) is -0.696. The maximum atomic E-state index is 11.4. The maximum Gasteiger partial charge on any atom is 0.303 e. The second-order valence-corrected chi connectivity index (χ2v) is 4.75. The van der Waals surface area contributed by atoms with Crippen LogP contribution in [0, 0.1) is 0 Å². The highest BCUT2D eigenvalue weighted by atomic mass is 16.4. The van der Waals surface area contributed by atoms with Gasteiger partial charge in [-0.3, -0.25) is 14.6 Å². The molecule has 0 saturated carbocycles.